The fraction of sp³-hybridized carbons (Fsp3) is 0.125. The van der Waals surface area contributed by atoms with Gasteiger partial charge in [-0.3, -0.25) is 0 Å². The highest BCUT2D eigenvalue weighted by Crippen LogP contribution is 2.22. The van der Waals surface area contributed by atoms with Crippen molar-refractivity contribution in [2.24, 2.45) is 0 Å². The maximum Gasteiger partial charge on any atom is 0.335 e. The molecule has 3 rings (SSSR count). The smallest absolute Gasteiger partial charge is 0.335 e. The SMILES string of the molecule is Cc1cc(C)cc(-c2cn3ccc(C(=O)O)cc3n2)c1. The average molecular weight is 266 g/mol. The van der Waals surface area contributed by atoms with Crippen LogP contribution in [0, 0.1) is 13.8 Å². The van der Waals surface area contributed by atoms with E-state index in [2.05, 4.69) is 37.0 Å². The Balaban J connectivity index is 2.15. The van der Waals surface area contributed by atoms with Crippen LogP contribution in [0.3, 0.4) is 0 Å². The van der Waals surface area contributed by atoms with Crippen LogP contribution in [0.15, 0.2) is 42.7 Å². The van der Waals surface area contributed by atoms with Crippen molar-refractivity contribution in [2.45, 2.75) is 13.8 Å². The van der Waals surface area contributed by atoms with E-state index in [1.54, 1.807) is 18.3 Å². The summed E-state index contributed by atoms with van der Waals surface area (Å²) in [5.74, 6) is -0.941. The van der Waals surface area contributed by atoms with Crippen molar-refractivity contribution in [3.05, 3.63) is 59.4 Å². The van der Waals surface area contributed by atoms with E-state index in [0.29, 0.717) is 5.65 Å². The molecule has 4 heteroatoms. The van der Waals surface area contributed by atoms with Crippen molar-refractivity contribution in [1.82, 2.24) is 9.38 Å². The topological polar surface area (TPSA) is 54.6 Å². The van der Waals surface area contributed by atoms with Gasteiger partial charge in [0.2, 0.25) is 0 Å². The Bertz CT molecular complexity index is 798. The fourth-order valence-corrected chi connectivity index (χ4v) is 2.38. The maximum atomic E-state index is 11.0. The van der Waals surface area contributed by atoms with E-state index >= 15 is 0 Å². The number of aromatic nitrogens is 2. The molecule has 0 spiro atoms. The molecule has 0 bridgehead atoms. The minimum absolute atomic E-state index is 0.245. The molecule has 0 unspecified atom stereocenters. The van der Waals surface area contributed by atoms with E-state index in [4.69, 9.17) is 5.11 Å². The van der Waals surface area contributed by atoms with Crippen molar-refractivity contribution in [2.75, 3.05) is 0 Å². The van der Waals surface area contributed by atoms with Gasteiger partial charge in [-0.15, -0.1) is 0 Å². The lowest BCUT2D eigenvalue weighted by Crippen LogP contribution is -1.96. The first-order valence-electron chi connectivity index (χ1n) is 6.34. The number of carboxylic acid groups (broad SMARTS) is 1. The number of carbonyl (C=O) groups is 1. The van der Waals surface area contributed by atoms with Crippen molar-refractivity contribution >= 4 is 11.6 Å². The van der Waals surface area contributed by atoms with E-state index in [1.165, 1.54) is 11.1 Å². The number of carboxylic acids is 1. The van der Waals surface area contributed by atoms with Crippen LogP contribution in [0.4, 0.5) is 0 Å². The summed E-state index contributed by atoms with van der Waals surface area (Å²) in [6, 6.07) is 9.42. The van der Waals surface area contributed by atoms with Crippen molar-refractivity contribution < 1.29 is 9.90 Å². The molecule has 3 aromatic rings. The summed E-state index contributed by atoms with van der Waals surface area (Å²) >= 11 is 0. The minimum Gasteiger partial charge on any atom is -0.478 e. The van der Waals surface area contributed by atoms with Gasteiger partial charge in [0, 0.05) is 18.0 Å². The van der Waals surface area contributed by atoms with Gasteiger partial charge in [0.1, 0.15) is 5.65 Å². The van der Waals surface area contributed by atoms with E-state index in [0.717, 1.165) is 11.3 Å². The summed E-state index contributed by atoms with van der Waals surface area (Å²) in [5.41, 5.74) is 5.14. The largest absolute Gasteiger partial charge is 0.478 e. The first kappa shape index (κ1) is 12.4. The van der Waals surface area contributed by atoms with Gasteiger partial charge in [-0.2, -0.15) is 0 Å². The molecule has 0 aliphatic rings. The standard InChI is InChI=1S/C16H14N2O2/c1-10-5-11(2)7-13(6-10)14-9-18-4-3-12(16(19)20)8-15(18)17-14/h3-9H,1-2H3,(H,19,20). The number of hydrogen-bond acceptors (Lipinski definition) is 2. The monoisotopic (exact) mass is 266 g/mol. The highest BCUT2D eigenvalue weighted by atomic mass is 16.4. The molecule has 0 aliphatic carbocycles. The Morgan fingerprint density at radius 3 is 2.50 bits per heavy atom. The van der Waals surface area contributed by atoms with E-state index in [1.807, 2.05) is 10.6 Å². The molecule has 0 saturated heterocycles. The van der Waals surface area contributed by atoms with Crippen molar-refractivity contribution in [3.8, 4) is 11.3 Å². The number of benzene rings is 1. The van der Waals surface area contributed by atoms with E-state index in [9.17, 15) is 4.79 Å². The van der Waals surface area contributed by atoms with Crippen LogP contribution < -0.4 is 0 Å². The van der Waals surface area contributed by atoms with E-state index in [-0.39, 0.29) is 5.56 Å². The fourth-order valence-electron chi connectivity index (χ4n) is 2.38. The zero-order valence-corrected chi connectivity index (χ0v) is 11.3. The number of fused-ring (bicyclic) bond motifs is 1. The molecule has 4 nitrogen and oxygen atoms in total. The number of hydrogen-bond donors (Lipinski definition) is 1. The highest BCUT2D eigenvalue weighted by Gasteiger charge is 2.08. The van der Waals surface area contributed by atoms with E-state index < -0.39 is 5.97 Å². The molecule has 0 radical (unpaired) electrons. The summed E-state index contributed by atoms with van der Waals surface area (Å²) < 4.78 is 1.83. The lowest BCUT2D eigenvalue weighted by atomic mass is 10.1. The van der Waals surface area contributed by atoms with Gasteiger partial charge in [0.05, 0.1) is 11.3 Å². The van der Waals surface area contributed by atoms with Crippen LogP contribution in [0.1, 0.15) is 21.5 Å². The Kier molecular flexibility index (Phi) is 2.79. The maximum absolute atomic E-state index is 11.0. The molecule has 2 aromatic heterocycles. The Morgan fingerprint density at radius 1 is 1.15 bits per heavy atom. The number of rotatable bonds is 2. The van der Waals surface area contributed by atoms with Crippen LogP contribution in [-0.2, 0) is 0 Å². The normalized spacial score (nSPS) is 10.9. The van der Waals surface area contributed by atoms with Gasteiger partial charge < -0.3 is 9.51 Å². The second kappa shape index (κ2) is 4.49. The quantitative estimate of drug-likeness (QED) is 0.774. The molecular weight excluding hydrogens is 252 g/mol. The van der Waals surface area contributed by atoms with Crippen LogP contribution >= 0.6 is 0 Å². The van der Waals surface area contributed by atoms with Gasteiger partial charge in [-0.25, -0.2) is 9.78 Å². The number of aryl methyl sites for hydroxylation is 2. The Labute approximate surface area is 116 Å². The predicted molar refractivity (Wildman–Crippen MR) is 77.1 cm³/mol. The molecule has 2 heterocycles. The number of nitrogens with zero attached hydrogens (tertiary/aromatic N) is 2. The predicted octanol–water partition coefficient (Wildman–Crippen LogP) is 3.32. The lowest BCUT2D eigenvalue weighted by molar-refractivity contribution is 0.0697. The summed E-state index contributed by atoms with van der Waals surface area (Å²) in [6.07, 6.45) is 3.63. The lowest BCUT2D eigenvalue weighted by Gasteiger charge is -2.01. The molecule has 100 valence electrons. The molecule has 0 fully saturated rings. The minimum atomic E-state index is -0.941. The van der Waals surface area contributed by atoms with Crippen molar-refractivity contribution in [1.29, 1.82) is 0 Å². The number of aromatic carboxylic acids is 1. The Hall–Kier alpha value is -2.62. The molecule has 1 aromatic carbocycles. The third-order valence-electron chi connectivity index (χ3n) is 3.22. The van der Waals surface area contributed by atoms with Gasteiger partial charge in [0.15, 0.2) is 0 Å². The first-order chi connectivity index (χ1) is 9.52. The molecule has 20 heavy (non-hydrogen) atoms. The summed E-state index contributed by atoms with van der Waals surface area (Å²) in [4.78, 5) is 15.5. The zero-order chi connectivity index (χ0) is 14.3. The third-order valence-corrected chi connectivity index (χ3v) is 3.22. The zero-order valence-electron chi connectivity index (χ0n) is 11.3. The number of imidazole rings is 1. The summed E-state index contributed by atoms with van der Waals surface area (Å²) in [7, 11) is 0. The summed E-state index contributed by atoms with van der Waals surface area (Å²) in [5, 5.41) is 9.00. The molecule has 1 N–H and O–H groups in total. The van der Waals surface area contributed by atoms with Gasteiger partial charge in [-0.05, 0) is 38.1 Å². The third kappa shape index (κ3) is 2.16. The molecular formula is C16H14N2O2. The molecule has 0 atom stereocenters. The first-order valence-corrected chi connectivity index (χ1v) is 6.34. The average Bonchev–Trinajstić information content (AvgIpc) is 2.80. The van der Waals surface area contributed by atoms with Crippen molar-refractivity contribution in [3.63, 3.8) is 0 Å². The summed E-state index contributed by atoms with van der Waals surface area (Å²) in [6.45, 7) is 4.10. The molecule has 0 saturated carbocycles. The molecule has 0 aliphatic heterocycles. The second-order valence-corrected chi connectivity index (χ2v) is 4.99. The number of pyridine rings is 1. The van der Waals surface area contributed by atoms with Crippen LogP contribution in [0.5, 0.6) is 0 Å². The molecule has 0 amide bonds. The Morgan fingerprint density at radius 2 is 1.85 bits per heavy atom. The van der Waals surface area contributed by atoms with Gasteiger partial charge in [0.25, 0.3) is 0 Å². The van der Waals surface area contributed by atoms with Crippen LogP contribution in [0.25, 0.3) is 16.9 Å². The van der Waals surface area contributed by atoms with Gasteiger partial charge in [-0.1, -0.05) is 17.2 Å². The van der Waals surface area contributed by atoms with Crippen LogP contribution in [-0.4, -0.2) is 20.5 Å². The van der Waals surface area contributed by atoms with Crippen LogP contribution in [0.2, 0.25) is 0 Å². The van der Waals surface area contributed by atoms with Gasteiger partial charge >= 0.3 is 5.97 Å². The second-order valence-electron chi connectivity index (χ2n) is 4.99. The highest BCUT2D eigenvalue weighted by molar-refractivity contribution is 5.88.